The van der Waals surface area contributed by atoms with Gasteiger partial charge in [0.25, 0.3) is 0 Å². The lowest BCUT2D eigenvalue weighted by Crippen LogP contribution is -1.78. The number of aromatic amines is 1. The number of thiazole rings is 1. The molecule has 0 saturated carbocycles. The molecule has 0 bridgehead atoms. The Bertz CT molecular complexity index is 341. The highest BCUT2D eigenvalue weighted by molar-refractivity contribution is 9.11. The summed E-state index contributed by atoms with van der Waals surface area (Å²) in [5, 5.41) is 8.41. The Morgan fingerprint density at radius 3 is 3.00 bits per heavy atom. The lowest BCUT2D eigenvalue weighted by Gasteiger charge is -1.81. The van der Waals surface area contributed by atoms with Crippen molar-refractivity contribution in [1.29, 1.82) is 0 Å². The SMILES string of the molecule is Brc1nc(-c2nc[nH]n2)cs1. The van der Waals surface area contributed by atoms with Crippen molar-refractivity contribution in [2.24, 2.45) is 0 Å². The minimum Gasteiger partial charge on any atom is -0.265 e. The van der Waals surface area contributed by atoms with E-state index in [0.717, 1.165) is 9.61 Å². The van der Waals surface area contributed by atoms with Crippen molar-refractivity contribution in [2.45, 2.75) is 0 Å². The number of hydrogen-bond donors (Lipinski definition) is 1. The van der Waals surface area contributed by atoms with Crippen molar-refractivity contribution in [3.05, 3.63) is 15.6 Å². The van der Waals surface area contributed by atoms with Crippen LogP contribution in [0.4, 0.5) is 0 Å². The predicted octanol–water partition coefficient (Wildman–Crippen LogP) is 1.69. The van der Waals surface area contributed by atoms with E-state index in [0.29, 0.717) is 5.82 Å². The molecule has 0 saturated heterocycles. The number of nitrogens with zero attached hydrogens (tertiary/aromatic N) is 3. The Morgan fingerprint density at radius 2 is 2.45 bits per heavy atom. The van der Waals surface area contributed by atoms with E-state index in [2.05, 4.69) is 36.1 Å². The molecule has 2 aromatic heterocycles. The van der Waals surface area contributed by atoms with Crippen molar-refractivity contribution >= 4 is 27.3 Å². The highest BCUT2D eigenvalue weighted by atomic mass is 79.9. The molecule has 0 unspecified atom stereocenters. The summed E-state index contributed by atoms with van der Waals surface area (Å²) in [5.74, 6) is 0.631. The number of nitrogens with one attached hydrogen (secondary N) is 1. The normalized spacial score (nSPS) is 10.3. The van der Waals surface area contributed by atoms with Gasteiger partial charge >= 0.3 is 0 Å². The zero-order valence-electron chi connectivity index (χ0n) is 5.28. The van der Waals surface area contributed by atoms with Gasteiger partial charge in [-0.2, -0.15) is 5.10 Å². The molecule has 2 heterocycles. The summed E-state index contributed by atoms with van der Waals surface area (Å²) in [6.07, 6.45) is 1.53. The molecule has 56 valence electrons. The van der Waals surface area contributed by atoms with Gasteiger partial charge in [0.2, 0.25) is 0 Å². The summed E-state index contributed by atoms with van der Waals surface area (Å²) in [5.41, 5.74) is 0.795. The second-order valence-corrected chi connectivity index (χ2v) is 3.94. The van der Waals surface area contributed by atoms with Gasteiger partial charge in [-0.05, 0) is 15.9 Å². The molecule has 2 rings (SSSR count). The topological polar surface area (TPSA) is 54.5 Å². The number of H-pyrrole nitrogens is 1. The van der Waals surface area contributed by atoms with Gasteiger partial charge in [-0.1, -0.05) is 0 Å². The largest absolute Gasteiger partial charge is 0.265 e. The number of aromatic nitrogens is 4. The predicted molar refractivity (Wildman–Crippen MR) is 45.2 cm³/mol. The van der Waals surface area contributed by atoms with Crippen LogP contribution in [-0.2, 0) is 0 Å². The fourth-order valence-corrected chi connectivity index (χ4v) is 1.68. The Kier molecular flexibility index (Phi) is 1.71. The molecular weight excluding hydrogens is 228 g/mol. The van der Waals surface area contributed by atoms with Crippen LogP contribution in [0.3, 0.4) is 0 Å². The summed E-state index contributed by atoms with van der Waals surface area (Å²) < 4.78 is 0.845. The standard InChI is InChI=1S/C5H3BrN4S/c6-5-9-3(1-11-5)4-7-2-8-10-4/h1-2H,(H,7,8,10). The first-order valence-corrected chi connectivity index (χ1v) is 4.51. The molecular formula is C5H3BrN4S. The van der Waals surface area contributed by atoms with Gasteiger partial charge in [-0.3, -0.25) is 5.10 Å². The van der Waals surface area contributed by atoms with E-state index in [1.165, 1.54) is 17.7 Å². The van der Waals surface area contributed by atoms with Crippen LogP contribution in [0.5, 0.6) is 0 Å². The van der Waals surface area contributed by atoms with E-state index in [4.69, 9.17) is 0 Å². The minimum absolute atomic E-state index is 0.631. The van der Waals surface area contributed by atoms with Crippen LogP contribution in [0.15, 0.2) is 15.6 Å². The molecule has 0 aliphatic heterocycles. The summed E-state index contributed by atoms with van der Waals surface area (Å²) in [6, 6.07) is 0. The van der Waals surface area contributed by atoms with Crippen molar-refractivity contribution < 1.29 is 0 Å². The van der Waals surface area contributed by atoms with Gasteiger partial charge in [-0.15, -0.1) is 11.3 Å². The van der Waals surface area contributed by atoms with Gasteiger partial charge in [0.05, 0.1) is 0 Å². The Balaban J connectivity index is 2.45. The minimum atomic E-state index is 0.631. The highest BCUT2D eigenvalue weighted by Crippen LogP contribution is 2.21. The number of rotatable bonds is 1. The summed E-state index contributed by atoms with van der Waals surface area (Å²) in [4.78, 5) is 8.10. The quantitative estimate of drug-likeness (QED) is 0.812. The molecule has 0 spiro atoms. The Hall–Kier alpha value is -0.750. The highest BCUT2D eigenvalue weighted by Gasteiger charge is 2.04. The summed E-state index contributed by atoms with van der Waals surface area (Å²) in [6.45, 7) is 0. The summed E-state index contributed by atoms with van der Waals surface area (Å²) in [7, 11) is 0. The first kappa shape index (κ1) is 6.93. The molecule has 0 aliphatic carbocycles. The smallest absolute Gasteiger partial charge is 0.200 e. The number of hydrogen-bond acceptors (Lipinski definition) is 4. The third-order valence-electron chi connectivity index (χ3n) is 1.12. The fraction of sp³-hybridized carbons (Fsp3) is 0. The molecule has 0 atom stereocenters. The van der Waals surface area contributed by atoms with Gasteiger partial charge < -0.3 is 0 Å². The van der Waals surface area contributed by atoms with Gasteiger partial charge in [0.15, 0.2) is 9.74 Å². The maximum atomic E-state index is 4.14. The maximum Gasteiger partial charge on any atom is 0.200 e. The molecule has 11 heavy (non-hydrogen) atoms. The molecule has 0 radical (unpaired) electrons. The molecule has 6 heteroatoms. The average molecular weight is 231 g/mol. The van der Waals surface area contributed by atoms with Crippen LogP contribution in [-0.4, -0.2) is 20.2 Å². The molecule has 4 nitrogen and oxygen atoms in total. The molecule has 0 amide bonds. The van der Waals surface area contributed by atoms with Crippen molar-refractivity contribution in [3.63, 3.8) is 0 Å². The fourth-order valence-electron chi connectivity index (χ4n) is 0.687. The van der Waals surface area contributed by atoms with E-state index < -0.39 is 0 Å². The lowest BCUT2D eigenvalue weighted by molar-refractivity contribution is 1.09. The first-order valence-electron chi connectivity index (χ1n) is 2.83. The second kappa shape index (κ2) is 2.71. The summed E-state index contributed by atoms with van der Waals surface area (Å²) >= 11 is 4.77. The van der Waals surface area contributed by atoms with E-state index in [9.17, 15) is 0 Å². The monoisotopic (exact) mass is 230 g/mol. The average Bonchev–Trinajstić information content (AvgIpc) is 2.55. The zero-order valence-corrected chi connectivity index (χ0v) is 7.69. The number of halogens is 1. The van der Waals surface area contributed by atoms with Crippen LogP contribution in [0.1, 0.15) is 0 Å². The van der Waals surface area contributed by atoms with Gasteiger partial charge in [0.1, 0.15) is 12.0 Å². The van der Waals surface area contributed by atoms with Crippen molar-refractivity contribution in [2.75, 3.05) is 0 Å². The van der Waals surface area contributed by atoms with Crippen LogP contribution in [0.2, 0.25) is 0 Å². The molecule has 1 N–H and O–H groups in total. The molecule has 0 aromatic carbocycles. The third-order valence-corrected chi connectivity index (χ3v) is 2.49. The molecule has 2 aromatic rings. The van der Waals surface area contributed by atoms with Crippen LogP contribution in [0, 0.1) is 0 Å². The van der Waals surface area contributed by atoms with E-state index in [1.807, 2.05) is 5.38 Å². The van der Waals surface area contributed by atoms with Crippen molar-refractivity contribution in [3.8, 4) is 11.5 Å². The van der Waals surface area contributed by atoms with E-state index >= 15 is 0 Å². The Labute approximate surface area is 74.8 Å². The first-order chi connectivity index (χ1) is 5.36. The Morgan fingerprint density at radius 1 is 1.55 bits per heavy atom. The zero-order chi connectivity index (χ0) is 7.68. The van der Waals surface area contributed by atoms with Crippen LogP contribution < -0.4 is 0 Å². The molecule has 0 aliphatic rings. The molecule has 0 fully saturated rings. The van der Waals surface area contributed by atoms with Crippen LogP contribution >= 0.6 is 27.3 Å². The maximum absolute atomic E-state index is 4.14. The van der Waals surface area contributed by atoms with Crippen LogP contribution in [0.25, 0.3) is 11.5 Å². The van der Waals surface area contributed by atoms with E-state index in [1.54, 1.807) is 0 Å². The van der Waals surface area contributed by atoms with Crippen molar-refractivity contribution in [1.82, 2.24) is 20.2 Å². The van der Waals surface area contributed by atoms with E-state index in [-0.39, 0.29) is 0 Å². The second-order valence-electron chi connectivity index (χ2n) is 1.81. The third kappa shape index (κ3) is 1.31. The lowest BCUT2D eigenvalue weighted by atomic mass is 10.5. The van der Waals surface area contributed by atoms with Gasteiger partial charge in [-0.25, -0.2) is 9.97 Å². The van der Waals surface area contributed by atoms with Gasteiger partial charge in [0, 0.05) is 5.38 Å².